The SMILES string of the molecule is CC(C)[C@H](N)C(=O)NCC(=O)Nc1ccc(NC(=O)c2cccs2)cc1.Cl. The number of carbonyl (C=O) groups excluding carboxylic acids is 3. The van der Waals surface area contributed by atoms with Gasteiger partial charge in [-0.3, -0.25) is 14.4 Å². The number of nitrogens with two attached hydrogens (primary N) is 1. The zero-order valence-electron chi connectivity index (χ0n) is 15.0. The zero-order valence-corrected chi connectivity index (χ0v) is 16.7. The lowest BCUT2D eigenvalue weighted by Gasteiger charge is -2.15. The maximum absolute atomic E-state index is 12.0. The third kappa shape index (κ3) is 7.01. The maximum Gasteiger partial charge on any atom is 0.265 e. The molecule has 0 bridgehead atoms. The molecule has 5 N–H and O–H groups in total. The number of anilines is 2. The van der Waals surface area contributed by atoms with E-state index in [0.29, 0.717) is 16.3 Å². The first-order valence-electron chi connectivity index (χ1n) is 8.15. The highest BCUT2D eigenvalue weighted by atomic mass is 35.5. The summed E-state index contributed by atoms with van der Waals surface area (Å²) in [5.41, 5.74) is 6.90. The highest BCUT2D eigenvalue weighted by molar-refractivity contribution is 7.12. The molecule has 0 saturated carbocycles. The summed E-state index contributed by atoms with van der Waals surface area (Å²) in [6.45, 7) is 3.52. The third-order valence-electron chi connectivity index (χ3n) is 3.62. The fourth-order valence-corrected chi connectivity index (χ4v) is 2.65. The highest BCUT2D eigenvalue weighted by Gasteiger charge is 2.17. The fraction of sp³-hybridized carbons (Fsp3) is 0.278. The quantitative estimate of drug-likeness (QED) is 0.561. The first-order chi connectivity index (χ1) is 12.4. The molecule has 0 spiro atoms. The lowest BCUT2D eigenvalue weighted by molar-refractivity contribution is -0.125. The van der Waals surface area contributed by atoms with Crippen LogP contribution in [0.4, 0.5) is 11.4 Å². The summed E-state index contributed by atoms with van der Waals surface area (Å²) in [5, 5.41) is 9.78. The molecule has 0 aliphatic heterocycles. The van der Waals surface area contributed by atoms with E-state index in [1.54, 1.807) is 30.3 Å². The van der Waals surface area contributed by atoms with E-state index in [4.69, 9.17) is 5.73 Å². The molecule has 0 radical (unpaired) electrons. The van der Waals surface area contributed by atoms with Crippen molar-refractivity contribution in [2.45, 2.75) is 19.9 Å². The van der Waals surface area contributed by atoms with Gasteiger partial charge >= 0.3 is 0 Å². The molecule has 0 unspecified atom stereocenters. The van der Waals surface area contributed by atoms with Crippen molar-refractivity contribution in [3.8, 4) is 0 Å². The minimum atomic E-state index is -0.644. The van der Waals surface area contributed by atoms with Gasteiger partial charge in [0.25, 0.3) is 5.91 Å². The Morgan fingerprint density at radius 3 is 2.15 bits per heavy atom. The van der Waals surface area contributed by atoms with Crippen molar-refractivity contribution in [2.75, 3.05) is 17.2 Å². The largest absolute Gasteiger partial charge is 0.346 e. The number of benzene rings is 1. The summed E-state index contributed by atoms with van der Waals surface area (Å²) < 4.78 is 0. The van der Waals surface area contributed by atoms with Crippen molar-refractivity contribution in [1.29, 1.82) is 0 Å². The van der Waals surface area contributed by atoms with Crippen molar-refractivity contribution < 1.29 is 14.4 Å². The first-order valence-corrected chi connectivity index (χ1v) is 9.03. The van der Waals surface area contributed by atoms with Crippen LogP contribution in [-0.2, 0) is 9.59 Å². The van der Waals surface area contributed by atoms with Gasteiger partial charge in [0.1, 0.15) is 0 Å². The average molecular weight is 411 g/mol. The van der Waals surface area contributed by atoms with Crippen molar-refractivity contribution in [3.63, 3.8) is 0 Å². The van der Waals surface area contributed by atoms with Gasteiger partial charge in [0.2, 0.25) is 11.8 Å². The standard InChI is InChI=1S/C18H22N4O3S.ClH/c1-11(2)16(19)18(25)20-10-15(23)21-12-5-7-13(8-6-12)22-17(24)14-4-3-9-26-14;/h3-9,11,16H,10,19H2,1-2H3,(H,20,25)(H,21,23)(H,22,24);1H/t16-;/m0./s1. The van der Waals surface area contributed by atoms with E-state index in [-0.39, 0.29) is 42.6 Å². The van der Waals surface area contributed by atoms with Crippen LogP contribution >= 0.6 is 23.7 Å². The van der Waals surface area contributed by atoms with E-state index in [1.165, 1.54) is 11.3 Å². The molecule has 1 heterocycles. The van der Waals surface area contributed by atoms with Gasteiger partial charge in [-0.15, -0.1) is 23.7 Å². The second-order valence-corrected chi connectivity index (χ2v) is 6.99. The number of hydrogen-bond donors (Lipinski definition) is 4. The van der Waals surface area contributed by atoms with Crippen molar-refractivity contribution in [2.24, 2.45) is 11.7 Å². The second kappa shape index (κ2) is 10.7. The molecule has 3 amide bonds. The minimum absolute atomic E-state index is 0. The molecular formula is C18H23ClN4O3S. The van der Waals surface area contributed by atoms with Crippen LogP contribution < -0.4 is 21.7 Å². The molecule has 1 aromatic heterocycles. The van der Waals surface area contributed by atoms with Gasteiger partial charge < -0.3 is 21.7 Å². The number of thiophene rings is 1. The number of carbonyl (C=O) groups is 3. The van der Waals surface area contributed by atoms with Crippen LogP contribution in [0.15, 0.2) is 41.8 Å². The molecule has 1 atom stereocenters. The van der Waals surface area contributed by atoms with Crippen LogP contribution in [0, 0.1) is 5.92 Å². The number of hydrogen-bond acceptors (Lipinski definition) is 5. The van der Waals surface area contributed by atoms with Crippen LogP contribution in [0.5, 0.6) is 0 Å². The number of nitrogens with one attached hydrogen (secondary N) is 3. The molecule has 2 rings (SSSR count). The molecule has 0 aliphatic carbocycles. The molecule has 146 valence electrons. The van der Waals surface area contributed by atoms with Crippen molar-refractivity contribution in [3.05, 3.63) is 46.7 Å². The monoisotopic (exact) mass is 410 g/mol. The molecule has 0 aliphatic rings. The van der Waals surface area contributed by atoms with Crippen LogP contribution in [0.25, 0.3) is 0 Å². The maximum atomic E-state index is 12.0. The van der Waals surface area contributed by atoms with E-state index < -0.39 is 6.04 Å². The summed E-state index contributed by atoms with van der Waals surface area (Å²) in [4.78, 5) is 36.2. The normalized spacial score (nSPS) is 11.3. The van der Waals surface area contributed by atoms with E-state index in [2.05, 4.69) is 16.0 Å². The van der Waals surface area contributed by atoms with Gasteiger partial charge in [-0.05, 0) is 41.6 Å². The Bertz CT molecular complexity index is 763. The van der Waals surface area contributed by atoms with E-state index in [9.17, 15) is 14.4 Å². The Morgan fingerprint density at radius 1 is 1.04 bits per heavy atom. The van der Waals surface area contributed by atoms with Gasteiger partial charge in [-0.25, -0.2) is 0 Å². The number of halogens is 1. The van der Waals surface area contributed by atoms with Crippen LogP contribution in [0.3, 0.4) is 0 Å². The van der Waals surface area contributed by atoms with Crippen LogP contribution in [-0.4, -0.2) is 30.3 Å². The molecule has 9 heteroatoms. The lowest BCUT2D eigenvalue weighted by atomic mass is 10.1. The van der Waals surface area contributed by atoms with Gasteiger partial charge in [-0.1, -0.05) is 19.9 Å². The lowest BCUT2D eigenvalue weighted by Crippen LogP contribution is -2.46. The van der Waals surface area contributed by atoms with Gasteiger partial charge in [-0.2, -0.15) is 0 Å². The number of amides is 3. The highest BCUT2D eigenvalue weighted by Crippen LogP contribution is 2.16. The molecule has 0 fully saturated rings. The van der Waals surface area contributed by atoms with Gasteiger partial charge in [0.15, 0.2) is 0 Å². The van der Waals surface area contributed by atoms with E-state index in [0.717, 1.165) is 0 Å². The minimum Gasteiger partial charge on any atom is -0.346 e. The number of rotatable bonds is 7. The topological polar surface area (TPSA) is 113 Å². The Hall–Kier alpha value is -2.42. The van der Waals surface area contributed by atoms with Gasteiger partial charge in [0, 0.05) is 11.4 Å². The van der Waals surface area contributed by atoms with Crippen LogP contribution in [0.2, 0.25) is 0 Å². The first kappa shape index (κ1) is 22.6. The molecule has 2 aromatic rings. The second-order valence-electron chi connectivity index (χ2n) is 6.04. The summed E-state index contributed by atoms with van der Waals surface area (Å²) in [5.74, 6) is -0.901. The predicted molar refractivity (Wildman–Crippen MR) is 110 cm³/mol. The smallest absolute Gasteiger partial charge is 0.265 e. The van der Waals surface area contributed by atoms with E-state index in [1.807, 2.05) is 25.3 Å². The third-order valence-corrected chi connectivity index (χ3v) is 4.48. The summed E-state index contributed by atoms with van der Waals surface area (Å²) in [6, 6.07) is 9.63. The molecule has 7 nitrogen and oxygen atoms in total. The fourth-order valence-electron chi connectivity index (χ4n) is 2.03. The summed E-state index contributed by atoms with van der Waals surface area (Å²) in [7, 11) is 0. The average Bonchev–Trinajstić information content (AvgIpc) is 3.15. The molecule has 27 heavy (non-hydrogen) atoms. The van der Waals surface area contributed by atoms with Crippen LogP contribution in [0.1, 0.15) is 23.5 Å². The molecule has 1 aromatic carbocycles. The molecule has 0 saturated heterocycles. The molecular weight excluding hydrogens is 388 g/mol. The predicted octanol–water partition coefficient (Wildman–Crippen LogP) is 2.46. The Balaban J connectivity index is 0.00000364. The van der Waals surface area contributed by atoms with E-state index >= 15 is 0 Å². The zero-order chi connectivity index (χ0) is 19.1. The van der Waals surface area contributed by atoms with Crippen molar-refractivity contribution in [1.82, 2.24) is 5.32 Å². The van der Waals surface area contributed by atoms with Gasteiger partial charge in [0.05, 0.1) is 17.5 Å². The Morgan fingerprint density at radius 2 is 1.63 bits per heavy atom. The summed E-state index contributed by atoms with van der Waals surface area (Å²) >= 11 is 1.36. The summed E-state index contributed by atoms with van der Waals surface area (Å²) in [6.07, 6.45) is 0. The Labute approximate surface area is 168 Å². The van der Waals surface area contributed by atoms with Crippen molar-refractivity contribution >= 4 is 52.8 Å². The Kier molecular flexibility index (Phi) is 8.93.